The van der Waals surface area contributed by atoms with Crippen molar-refractivity contribution in [3.05, 3.63) is 66.7 Å². The van der Waals surface area contributed by atoms with Crippen molar-refractivity contribution < 1.29 is 14.3 Å². The lowest BCUT2D eigenvalue weighted by atomic mass is 10.1. The predicted molar refractivity (Wildman–Crippen MR) is 139 cm³/mol. The fourth-order valence-electron chi connectivity index (χ4n) is 4.27. The molecule has 5 rings (SSSR count). The first-order valence-electron chi connectivity index (χ1n) is 11.8. The Bertz CT molecular complexity index is 1310. The molecular formula is C27H28N4O3S. The molecule has 0 bridgehead atoms. The van der Waals surface area contributed by atoms with E-state index in [0.29, 0.717) is 11.7 Å². The van der Waals surface area contributed by atoms with Gasteiger partial charge < -0.3 is 14.8 Å². The van der Waals surface area contributed by atoms with Crippen LogP contribution < -0.4 is 10.1 Å². The van der Waals surface area contributed by atoms with E-state index in [0.717, 1.165) is 53.0 Å². The van der Waals surface area contributed by atoms with Crippen molar-refractivity contribution in [3.63, 3.8) is 0 Å². The van der Waals surface area contributed by atoms with E-state index in [-0.39, 0.29) is 17.3 Å². The molecule has 180 valence electrons. The van der Waals surface area contributed by atoms with Crippen molar-refractivity contribution in [2.24, 2.45) is 0 Å². The second-order valence-corrected chi connectivity index (χ2v) is 9.86. The van der Waals surface area contributed by atoms with Crippen molar-refractivity contribution >= 4 is 34.1 Å². The molecule has 1 saturated heterocycles. The molecule has 7 nitrogen and oxygen atoms in total. The average Bonchev–Trinajstić information content (AvgIpc) is 3.55. The normalized spacial score (nSPS) is 16.3. The van der Waals surface area contributed by atoms with Crippen molar-refractivity contribution in [1.29, 1.82) is 0 Å². The lowest BCUT2D eigenvalue weighted by Crippen LogP contribution is -2.23. The highest BCUT2D eigenvalue weighted by Crippen LogP contribution is 2.31. The smallest absolute Gasteiger partial charge is 0.237 e. The fourth-order valence-corrected chi connectivity index (χ4v) is 5.12. The number of rotatable bonds is 8. The summed E-state index contributed by atoms with van der Waals surface area (Å²) in [7, 11) is 1.65. The Morgan fingerprint density at radius 2 is 1.94 bits per heavy atom. The zero-order valence-electron chi connectivity index (χ0n) is 19.8. The Kier molecular flexibility index (Phi) is 7.01. The third-order valence-corrected chi connectivity index (χ3v) is 7.25. The molecule has 0 aliphatic carbocycles. The van der Waals surface area contributed by atoms with Crippen molar-refractivity contribution in [3.8, 4) is 17.1 Å². The summed E-state index contributed by atoms with van der Waals surface area (Å²) in [6, 6.07) is 21.7. The fraction of sp³-hybridized carbons (Fsp3) is 0.296. The first-order chi connectivity index (χ1) is 17.1. The summed E-state index contributed by atoms with van der Waals surface area (Å²) in [5, 5.41) is 14.5. The summed E-state index contributed by atoms with van der Waals surface area (Å²) in [5.74, 6) is 1.46. The van der Waals surface area contributed by atoms with Gasteiger partial charge in [0.15, 0.2) is 11.0 Å². The minimum absolute atomic E-state index is 0.0796. The summed E-state index contributed by atoms with van der Waals surface area (Å²) in [6.45, 7) is 3.31. The van der Waals surface area contributed by atoms with Gasteiger partial charge in [0.1, 0.15) is 5.75 Å². The molecule has 2 heterocycles. The lowest BCUT2D eigenvalue weighted by Gasteiger charge is -2.17. The number of carbonyl (C=O) groups is 1. The molecule has 3 aromatic carbocycles. The number of aromatic nitrogens is 3. The third kappa shape index (κ3) is 5.18. The Morgan fingerprint density at radius 1 is 1.14 bits per heavy atom. The van der Waals surface area contributed by atoms with Crippen LogP contribution in [0.2, 0.25) is 0 Å². The first-order valence-corrected chi connectivity index (χ1v) is 12.6. The molecule has 1 aliphatic heterocycles. The van der Waals surface area contributed by atoms with E-state index in [1.165, 1.54) is 11.8 Å². The second kappa shape index (κ2) is 10.5. The van der Waals surface area contributed by atoms with Crippen LogP contribution in [0.25, 0.3) is 22.2 Å². The Balaban J connectivity index is 1.38. The van der Waals surface area contributed by atoms with Crippen LogP contribution >= 0.6 is 11.8 Å². The van der Waals surface area contributed by atoms with Crippen LogP contribution in [0, 0.1) is 0 Å². The number of hydrogen-bond acceptors (Lipinski definition) is 6. The minimum Gasteiger partial charge on any atom is -0.497 e. The minimum atomic E-state index is -0.370. The molecule has 35 heavy (non-hydrogen) atoms. The molecule has 2 unspecified atom stereocenters. The van der Waals surface area contributed by atoms with E-state index in [9.17, 15) is 4.79 Å². The van der Waals surface area contributed by atoms with Gasteiger partial charge in [-0.15, -0.1) is 10.2 Å². The summed E-state index contributed by atoms with van der Waals surface area (Å²) in [6.07, 6.45) is 2.17. The summed E-state index contributed by atoms with van der Waals surface area (Å²) >= 11 is 1.41. The number of nitrogens with zero attached hydrogens (tertiary/aromatic N) is 3. The van der Waals surface area contributed by atoms with Crippen LogP contribution in [0.4, 0.5) is 5.69 Å². The number of amides is 1. The van der Waals surface area contributed by atoms with Gasteiger partial charge in [-0.05, 0) is 55.5 Å². The number of methoxy groups -OCH3 is 1. The van der Waals surface area contributed by atoms with Crippen LogP contribution in [0.1, 0.15) is 19.8 Å². The molecule has 1 aromatic heterocycles. The quantitative estimate of drug-likeness (QED) is 0.334. The standard InChI is InChI=1S/C27H28N4O3S/c1-18(26(32)28-24-11-5-8-19-7-3-4-10-23(19)24)35-27-30-29-25(20-12-14-21(33-2)15-13-20)31(27)17-22-9-6-16-34-22/h3-5,7-8,10-15,18,22H,6,9,16-17H2,1-2H3,(H,28,32). The van der Waals surface area contributed by atoms with Crippen LogP contribution in [0.3, 0.4) is 0 Å². The van der Waals surface area contributed by atoms with Crippen molar-refractivity contribution in [2.45, 2.75) is 42.8 Å². The topological polar surface area (TPSA) is 78.3 Å². The van der Waals surface area contributed by atoms with Crippen LogP contribution in [0.15, 0.2) is 71.9 Å². The van der Waals surface area contributed by atoms with E-state index < -0.39 is 0 Å². The van der Waals surface area contributed by atoms with Crippen LogP contribution in [-0.4, -0.2) is 45.7 Å². The second-order valence-electron chi connectivity index (χ2n) is 8.56. The lowest BCUT2D eigenvalue weighted by molar-refractivity contribution is -0.115. The molecule has 0 saturated carbocycles. The highest BCUT2D eigenvalue weighted by atomic mass is 32.2. The van der Waals surface area contributed by atoms with Gasteiger partial charge in [-0.3, -0.25) is 9.36 Å². The monoisotopic (exact) mass is 488 g/mol. The highest BCUT2D eigenvalue weighted by Gasteiger charge is 2.25. The number of ether oxygens (including phenoxy) is 2. The molecule has 1 N–H and O–H groups in total. The Labute approximate surface area is 208 Å². The van der Waals surface area contributed by atoms with E-state index in [1.807, 2.05) is 73.7 Å². The number of nitrogens with one attached hydrogen (secondary N) is 1. The summed E-state index contributed by atoms with van der Waals surface area (Å²) in [4.78, 5) is 13.1. The van der Waals surface area contributed by atoms with Crippen molar-refractivity contribution in [1.82, 2.24) is 14.8 Å². The third-order valence-electron chi connectivity index (χ3n) is 6.17. The number of anilines is 1. The number of fused-ring (bicyclic) bond motifs is 1. The number of benzene rings is 3. The van der Waals surface area contributed by atoms with Gasteiger partial charge in [0, 0.05) is 23.2 Å². The molecule has 0 spiro atoms. The highest BCUT2D eigenvalue weighted by molar-refractivity contribution is 8.00. The molecule has 0 radical (unpaired) electrons. The zero-order chi connectivity index (χ0) is 24.2. The molecule has 1 amide bonds. The van der Waals surface area contributed by atoms with Crippen LogP contribution in [-0.2, 0) is 16.1 Å². The SMILES string of the molecule is COc1ccc(-c2nnc(SC(C)C(=O)Nc3cccc4ccccc34)n2CC2CCCO2)cc1. The summed E-state index contributed by atoms with van der Waals surface area (Å²) in [5.41, 5.74) is 1.75. The van der Waals surface area contributed by atoms with Gasteiger partial charge in [0.25, 0.3) is 0 Å². The molecule has 2 atom stereocenters. The van der Waals surface area contributed by atoms with Crippen LogP contribution in [0.5, 0.6) is 5.75 Å². The first kappa shape index (κ1) is 23.4. The van der Waals surface area contributed by atoms with Gasteiger partial charge in [-0.2, -0.15) is 0 Å². The molecule has 1 aliphatic rings. The number of hydrogen-bond donors (Lipinski definition) is 1. The number of thioether (sulfide) groups is 1. The van der Waals surface area contributed by atoms with E-state index >= 15 is 0 Å². The maximum atomic E-state index is 13.1. The summed E-state index contributed by atoms with van der Waals surface area (Å²) < 4.78 is 13.3. The van der Waals surface area contributed by atoms with E-state index in [1.54, 1.807) is 7.11 Å². The largest absolute Gasteiger partial charge is 0.497 e. The zero-order valence-corrected chi connectivity index (χ0v) is 20.6. The maximum Gasteiger partial charge on any atom is 0.237 e. The van der Waals surface area contributed by atoms with Gasteiger partial charge in [-0.1, -0.05) is 48.2 Å². The number of carbonyl (C=O) groups excluding carboxylic acids is 1. The molecule has 1 fully saturated rings. The maximum absolute atomic E-state index is 13.1. The average molecular weight is 489 g/mol. The van der Waals surface area contributed by atoms with Gasteiger partial charge in [0.2, 0.25) is 5.91 Å². The van der Waals surface area contributed by atoms with E-state index in [2.05, 4.69) is 20.1 Å². The predicted octanol–water partition coefficient (Wildman–Crippen LogP) is 5.41. The van der Waals surface area contributed by atoms with Crippen molar-refractivity contribution in [2.75, 3.05) is 19.0 Å². The Morgan fingerprint density at radius 3 is 2.71 bits per heavy atom. The van der Waals surface area contributed by atoms with E-state index in [4.69, 9.17) is 9.47 Å². The van der Waals surface area contributed by atoms with Gasteiger partial charge in [0.05, 0.1) is 25.0 Å². The molecular weight excluding hydrogens is 460 g/mol. The Hall–Kier alpha value is -3.36. The molecule has 4 aromatic rings. The van der Waals surface area contributed by atoms with Gasteiger partial charge >= 0.3 is 0 Å². The van der Waals surface area contributed by atoms with Gasteiger partial charge in [-0.25, -0.2) is 0 Å². The molecule has 8 heteroatoms.